The van der Waals surface area contributed by atoms with Gasteiger partial charge >= 0.3 is 0 Å². The van der Waals surface area contributed by atoms with Crippen molar-refractivity contribution in [3.05, 3.63) is 36.2 Å². The average Bonchev–Trinajstić information content (AvgIpc) is 2.41. The van der Waals surface area contributed by atoms with Crippen molar-refractivity contribution in [3.8, 4) is 0 Å². The molecular weight excluding hydrogens is 242 g/mol. The van der Waals surface area contributed by atoms with Crippen LogP contribution in [0.3, 0.4) is 0 Å². The van der Waals surface area contributed by atoms with Crippen molar-refractivity contribution in [2.45, 2.75) is 18.9 Å². The van der Waals surface area contributed by atoms with Crippen LogP contribution < -0.4 is 5.32 Å². The van der Waals surface area contributed by atoms with Crippen LogP contribution in [0.4, 0.5) is 0 Å². The molecule has 1 aromatic carbocycles. The summed E-state index contributed by atoms with van der Waals surface area (Å²) in [6, 6.07) is 5.39. The molecule has 3 rings (SSSR count). The zero-order chi connectivity index (χ0) is 13.2. The number of carbonyl (C=O) groups excluding carboxylic acids is 1. The first-order valence-corrected chi connectivity index (χ1v) is 6.40. The number of hydrogen-bond donors (Lipinski definition) is 2. The van der Waals surface area contributed by atoms with E-state index in [2.05, 4.69) is 15.3 Å². The fourth-order valence-electron chi connectivity index (χ4n) is 2.38. The van der Waals surface area contributed by atoms with Gasteiger partial charge in [0.05, 0.1) is 17.2 Å². The van der Waals surface area contributed by atoms with Gasteiger partial charge in [-0.1, -0.05) is 6.07 Å². The minimum absolute atomic E-state index is 0.132. The Kier molecular flexibility index (Phi) is 3.13. The summed E-state index contributed by atoms with van der Waals surface area (Å²) in [6.45, 7) is 0.604. The Labute approximate surface area is 110 Å². The Balaban J connectivity index is 1.74. The van der Waals surface area contributed by atoms with Crippen LogP contribution in [-0.2, 0) is 0 Å². The molecule has 98 valence electrons. The molecule has 2 aromatic rings. The molecular formula is C14H15N3O2. The van der Waals surface area contributed by atoms with E-state index in [1.807, 2.05) is 6.07 Å². The van der Waals surface area contributed by atoms with Crippen molar-refractivity contribution in [2.24, 2.45) is 5.92 Å². The van der Waals surface area contributed by atoms with E-state index < -0.39 is 0 Å². The minimum Gasteiger partial charge on any atom is -0.393 e. The number of benzene rings is 1. The van der Waals surface area contributed by atoms with Crippen molar-refractivity contribution in [1.29, 1.82) is 0 Å². The number of aliphatic hydroxyl groups excluding tert-OH is 1. The number of para-hydroxylation sites is 1. The maximum Gasteiger partial charge on any atom is 0.253 e. The third-order valence-corrected chi connectivity index (χ3v) is 3.51. The summed E-state index contributed by atoms with van der Waals surface area (Å²) in [5.74, 6) is 0.257. The molecule has 2 N–H and O–H groups in total. The minimum atomic E-state index is -0.190. The van der Waals surface area contributed by atoms with E-state index in [1.165, 1.54) is 0 Å². The highest BCUT2D eigenvalue weighted by Crippen LogP contribution is 2.26. The van der Waals surface area contributed by atoms with Crippen molar-refractivity contribution in [1.82, 2.24) is 15.3 Å². The highest BCUT2D eigenvalue weighted by atomic mass is 16.3. The summed E-state index contributed by atoms with van der Waals surface area (Å²) in [5, 5.41) is 12.1. The van der Waals surface area contributed by atoms with Crippen LogP contribution >= 0.6 is 0 Å². The van der Waals surface area contributed by atoms with Crippen LogP contribution in [0.2, 0.25) is 0 Å². The topological polar surface area (TPSA) is 75.1 Å². The van der Waals surface area contributed by atoms with Crippen LogP contribution in [0.5, 0.6) is 0 Å². The normalized spacial score (nSPS) is 21.9. The second kappa shape index (κ2) is 4.93. The van der Waals surface area contributed by atoms with E-state index in [1.54, 1.807) is 24.5 Å². The molecule has 1 fully saturated rings. The average molecular weight is 257 g/mol. The lowest BCUT2D eigenvalue weighted by Gasteiger charge is -2.31. The standard InChI is InChI=1S/C14H15N3O2/c18-10-6-9(7-10)8-17-14(19)11-2-1-3-12-13(11)16-5-4-15-12/h1-5,9-10,18H,6-8H2,(H,17,19). The zero-order valence-corrected chi connectivity index (χ0v) is 10.4. The molecule has 1 saturated carbocycles. The molecule has 0 spiro atoms. The van der Waals surface area contributed by atoms with Gasteiger partial charge in [-0.2, -0.15) is 0 Å². The predicted octanol–water partition coefficient (Wildman–Crippen LogP) is 1.13. The third kappa shape index (κ3) is 2.42. The van der Waals surface area contributed by atoms with E-state index in [-0.39, 0.29) is 12.0 Å². The number of fused-ring (bicyclic) bond motifs is 1. The molecule has 0 aliphatic heterocycles. The van der Waals surface area contributed by atoms with Gasteiger partial charge in [0.1, 0.15) is 5.52 Å². The summed E-state index contributed by atoms with van der Waals surface area (Å²) < 4.78 is 0. The first-order chi connectivity index (χ1) is 9.24. The summed E-state index contributed by atoms with van der Waals surface area (Å²) >= 11 is 0. The highest BCUT2D eigenvalue weighted by Gasteiger charge is 2.27. The van der Waals surface area contributed by atoms with Gasteiger partial charge in [0.25, 0.3) is 5.91 Å². The second-order valence-corrected chi connectivity index (χ2v) is 4.93. The Morgan fingerprint density at radius 3 is 2.89 bits per heavy atom. The smallest absolute Gasteiger partial charge is 0.253 e. The number of nitrogens with zero attached hydrogens (tertiary/aromatic N) is 2. The van der Waals surface area contributed by atoms with Gasteiger partial charge in [-0.15, -0.1) is 0 Å². The second-order valence-electron chi connectivity index (χ2n) is 4.93. The molecule has 0 saturated heterocycles. The number of amides is 1. The molecule has 0 bridgehead atoms. The van der Waals surface area contributed by atoms with Crippen molar-refractivity contribution in [3.63, 3.8) is 0 Å². The Morgan fingerprint density at radius 1 is 1.32 bits per heavy atom. The molecule has 1 aromatic heterocycles. The van der Waals surface area contributed by atoms with Crippen LogP contribution in [0, 0.1) is 5.92 Å². The Morgan fingerprint density at radius 2 is 2.11 bits per heavy atom. The van der Waals surface area contributed by atoms with E-state index in [9.17, 15) is 9.90 Å². The number of nitrogens with one attached hydrogen (secondary N) is 1. The number of hydrogen-bond acceptors (Lipinski definition) is 4. The van der Waals surface area contributed by atoms with Crippen LogP contribution in [0.25, 0.3) is 11.0 Å². The van der Waals surface area contributed by atoms with Crippen LogP contribution in [0.1, 0.15) is 23.2 Å². The molecule has 5 heteroatoms. The van der Waals surface area contributed by atoms with Crippen molar-refractivity contribution >= 4 is 16.9 Å². The molecule has 1 aliphatic carbocycles. The van der Waals surface area contributed by atoms with Gasteiger partial charge in [0.15, 0.2) is 0 Å². The summed E-state index contributed by atoms with van der Waals surface area (Å²) in [5.41, 5.74) is 1.89. The van der Waals surface area contributed by atoms with Gasteiger partial charge in [-0.25, -0.2) is 0 Å². The maximum absolute atomic E-state index is 12.1. The van der Waals surface area contributed by atoms with E-state index >= 15 is 0 Å². The van der Waals surface area contributed by atoms with E-state index in [4.69, 9.17) is 0 Å². The third-order valence-electron chi connectivity index (χ3n) is 3.51. The number of carbonyl (C=O) groups is 1. The van der Waals surface area contributed by atoms with Gasteiger partial charge in [0, 0.05) is 18.9 Å². The number of aliphatic hydroxyl groups is 1. The molecule has 5 nitrogen and oxygen atoms in total. The lowest BCUT2D eigenvalue weighted by Crippen LogP contribution is -2.38. The van der Waals surface area contributed by atoms with Crippen molar-refractivity contribution in [2.75, 3.05) is 6.54 Å². The van der Waals surface area contributed by atoms with Gasteiger partial charge < -0.3 is 10.4 Å². The summed E-state index contributed by atoms with van der Waals surface area (Å²) in [4.78, 5) is 20.5. The van der Waals surface area contributed by atoms with Crippen LogP contribution in [0.15, 0.2) is 30.6 Å². The molecule has 0 atom stereocenters. The lowest BCUT2D eigenvalue weighted by molar-refractivity contribution is 0.0420. The molecule has 1 heterocycles. The van der Waals surface area contributed by atoms with Crippen molar-refractivity contribution < 1.29 is 9.90 Å². The molecule has 0 radical (unpaired) electrons. The monoisotopic (exact) mass is 257 g/mol. The Bertz CT molecular complexity index is 603. The first kappa shape index (κ1) is 12.0. The maximum atomic E-state index is 12.1. The fourth-order valence-corrected chi connectivity index (χ4v) is 2.38. The molecule has 0 unspecified atom stereocenters. The highest BCUT2D eigenvalue weighted by molar-refractivity contribution is 6.04. The van der Waals surface area contributed by atoms with Gasteiger partial charge in [0.2, 0.25) is 0 Å². The van der Waals surface area contributed by atoms with Gasteiger partial charge in [-0.3, -0.25) is 14.8 Å². The number of aromatic nitrogens is 2. The summed E-state index contributed by atoms with van der Waals surface area (Å²) in [6.07, 6.45) is 4.55. The number of rotatable bonds is 3. The first-order valence-electron chi connectivity index (χ1n) is 6.40. The molecule has 1 aliphatic rings. The predicted molar refractivity (Wildman–Crippen MR) is 70.6 cm³/mol. The largest absolute Gasteiger partial charge is 0.393 e. The molecule has 1 amide bonds. The quantitative estimate of drug-likeness (QED) is 0.864. The Hall–Kier alpha value is -2.01. The SMILES string of the molecule is O=C(NCC1CC(O)C1)c1cccc2nccnc12. The van der Waals surface area contributed by atoms with Crippen LogP contribution in [-0.4, -0.2) is 33.6 Å². The zero-order valence-electron chi connectivity index (χ0n) is 10.4. The van der Waals surface area contributed by atoms with E-state index in [0.29, 0.717) is 29.1 Å². The molecule has 19 heavy (non-hydrogen) atoms. The summed E-state index contributed by atoms with van der Waals surface area (Å²) in [7, 11) is 0. The van der Waals surface area contributed by atoms with E-state index in [0.717, 1.165) is 12.8 Å². The fraction of sp³-hybridized carbons (Fsp3) is 0.357. The lowest BCUT2D eigenvalue weighted by atomic mass is 9.82. The van der Waals surface area contributed by atoms with Gasteiger partial charge in [-0.05, 0) is 30.9 Å².